The molecule has 5 heteroatoms. The Kier molecular flexibility index (Phi) is 5.85. The van der Waals surface area contributed by atoms with Gasteiger partial charge >= 0.3 is 0 Å². The van der Waals surface area contributed by atoms with Gasteiger partial charge in [0.25, 0.3) is 0 Å². The Hall–Kier alpha value is -2.22. The number of benzene rings is 1. The van der Waals surface area contributed by atoms with Crippen molar-refractivity contribution in [2.45, 2.75) is 27.7 Å². The van der Waals surface area contributed by atoms with E-state index >= 15 is 0 Å². The number of nitriles is 1. The summed E-state index contributed by atoms with van der Waals surface area (Å²) in [6, 6.07) is 5.33. The van der Waals surface area contributed by atoms with Crippen LogP contribution in [-0.4, -0.2) is 19.1 Å². The molecule has 0 atom stereocenters. The first-order valence-corrected chi connectivity index (χ1v) is 6.68. The second kappa shape index (κ2) is 7.39. The van der Waals surface area contributed by atoms with E-state index in [1.807, 2.05) is 13.8 Å². The summed E-state index contributed by atoms with van der Waals surface area (Å²) in [7, 11) is 0. The van der Waals surface area contributed by atoms with Gasteiger partial charge in [-0.3, -0.25) is 4.79 Å². The molecule has 0 bridgehead atoms. The monoisotopic (exact) mass is 276 g/mol. The first-order chi connectivity index (χ1) is 9.53. The van der Waals surface area contributed by atoms with Crippen LogP contribution in [0.2, 0.25) is 0 Å². The lowest BCUT2D eigenvalue weighted by Gasteiger charge is -2.15. The highest BCUT2D eigenvalue weighted by Crippen LogP contribution is 2.35. The molecule has 0 saturated carbocycles. The zero-order chi connectivity index (χ0) is 15.1. The molecule has 0 aliphatic carbocycles. The van der Waals surface area contributed by atoms with Gasteiger partial charge in [-0.05, 0) is 19.9 Å². The van der Waals surface area contributed by atoms with Crippen LogP contribution in [0.25, 0.3) is 0 Å². The van der Waals surface area contributed by atoms with Crippen molar-refractivity contribution in [2.75, 3.05) is 18.5 Å². The predicted octanol–water partition coefficient (Wildman–Crippen LogP) is 2.95. The SMILES string of the molecule is CCOc1cc(NC(=O)C(C)C)cc(C#N)c1OCC. The van der Waals surface area contributed by atoms with Crippen LogP contribution >= 0.6 is 0 Å². The minimum Gasteiger partial charge on any atom is -0.490 e. The molecule has 5 nitrogen and oxygen atoms in total. The maximum absolute atomic E-state index is 11.7. The summed E-state index contributed by atoms with van der Waals surface area (Å²) in [4.78, 5) is 11.7. The van der Waals surface area contributed by atoms with E-state index in [1.54, 1.807) is 26.0 Å². The standard InChI is InChI=1S/C15H20N2O3/c1-5-19-13-8-12(17-15(18)10(3)4)7-11(9-16)14(13)20-6-2/h7-8,10H,5-6H2,1-4H3,(H,17,18). The number of hydrogen-bond acceptors (Lipinski definition) is 4. The Morgan fingerprint density at radius 2 is 1.95 bits per heavy atom. The van der Waals surface area contributed by atoms with Crippen molar-refractivity contribution < 1.29 is 14.3 Å². The van der Waals surface area contributed by atoms with Crippen molar-refractivity contribution in [1.29, 1.82) is 5.26 Å². The molecule has 0 heterocycles. The van der Waals surface area contributed by atoms with Gasteiger partial charge in [-0.1, -0.05) is 13.8 Å². The van der Waals surface area contributed by atoms with Crippen LogP contribution in [0.1, 0.15) is 33.3 Å². The van der Waals surface area contributed by atoms with Crippen molar-refractivity contribution in [3.63, 3.8) is 0 Å². The highest BCUT2D eigenvalue weighted by molar-refractivity contribution is 5.92. The summed E-state index contributed by atoms with van der Waals surface area (Å²) in [6.07, 6.45) is 0. The van der Waals surface area contributed by atoms with Crippen molar-refractivity contribution >= 4 is 11.6 Å². The van der Waals surface area contributed by atoms with Gasteiger partial charge in [-0.2, -0.15) is 5.26 Å². The molecular formula is C15H20N2O3. The van der Waals surface area contributed by atoms with E-state index in [0.29, 0.717) is 36.0 Å². The number of carbonyl (C=O) groups is 1. The fourth-order valence-corrected chi connectivity index (χ4v) is 1.60. The van der Waals surface area contributed by atoms with Crippen LogP contribution in [-0.2, 0) is 4.79 Å². The molecule has 1 amide bonds. The number of rotatable bonds is 6. The first-order valence-electron chi connectivity index (χ1n) is 6.68. The van der Waals surface area contributed by atoms with Gasteiger partial charge in [0.05, 0.1) is 18.8 Å². The van der Waals surface area contributed by atoms with Crippen LogP contribution in [0.5, 0.6) is 11.5 Å². The fraction of sp³-hybridized carbons (Fsp3) is 0.467. The molecule has 0 fully saturated rings. The van der Waals surface area contributed by atoms with E-state index in [1.165, 1.54) is 0 Å². The third-order valence-electron chi connectivity index (χ3n) is 2.56. The third-order valence-corrected chi connectivity index (χ3v) is 2.56. The van der Waals surface area contributed by atoms with Gasteiger partial charge in [0.1, 0.15) is 6.07 Å². The van der Waals surface area contributed by atoms with Gasteiger partial charge in [-0.15, -0.1) is 0 Å². The van der Waals surface area contributed by atoms with E-state index < -0.39 is 0 Å². The first kappa shape index (κ1) is 15.8. The molecule has 1 aromatic rings. The predicted molar refractivity (Wildman–Crippen MR) is 77.0 cm³/mol. The van der Waals surface area contributed by atoms with Crippen molar-refractivity contribution in [3.8, 4) is 17.6 Å². The number of ether oxygens (including phenoxy) is 2. The van der Waals surface area contributed by atoms with Crippen molar-refractivity contribution in [2.24, 2.45) is 5.92 Å². The molecule has 1 N–H and O–H groups in total. The van der Waals surface area contributed by atoms with E-state index in [2.05, 4.69) is 11.4 Å². The molecule has 0 radical (unpaired) electrons. The summed E-state index contributed by atoms with van der Waals surface area (Å²) in [5, 5.41) is 12.0. The number of anilines is 1. The molecule has 1 aromatic carbocycles. The summed E-state index contributed by atoms with van der Waals surface area (Å²) in [6.45, 7) is 8.18. The van der Waals surface area contributed by atoms with Gasteiger partial charge in [0.15, 0.2) is 11.5 Å². The number of amides is 1. The lowest BCUT2D eigenvalue weighted by Crippen LogP contribution is -2.18. The van der Waals surface area contributed by atoms with Crippen LogP contribution in [0.4, 0.5) is 5.69 Å². The average molecular weight is 276 g/mol. The molecule has 0 aliphatic rings. The Labute approximate surface area is 119 Å². The van der Waals surface area contributed by atoms with Gasteiger partial charge in [0, 0.05) is 17.7 Å². The van der Waals surface area contributed by atoms with Gasteiger partial charge in [0.2, 0.25) is 5.91 Å². The normalized spacial score (nSPS) is 10.0. The molecule has 108 valence electrons. The smallest absolute Gasteiger partial charge is 0.226 e. The molecular weight excluding hydrogens is 256 g/mol. The Balaban J connectivity index is 3.19. The van der Waals surface area contributed by atoms with E-state index in [0.717, 1.165) is 0 Å². The molecule has 0 saturated heterocycles. The van der Waals surface area contributed by atoms with Crippen LogP contribution in [0, 0.1) is 17.2 Å². The summed E-state index contributed by atoms with van der Waals surface area (Å²) in [5.41, 5.74) is 0.879. The maximum Gasteiger partial charge on any atom is 0.226 e. The lowest BCUT2D eigenvalue weighted by molar-refractivity contribution is -0.118. The van der Waals surface area contributed by atoms with Crippen molar-refractivity contribution in [1.82, 2.24) is 0 Å². The van der Waals surface area contributed by atoms with Gasteiger partial charge < -0.3 is 14.8 Å². The zero-order valence-electron chi connectivity index (χ0n) is 12.3. The Morgan fingerprint density at radius 3 is 2.45 bits per heavy atom. The minimum absolute atomic E-state index is 0.111. The highest BCUT2D eigenvalue weighted by atomic mass is 16.5. The summed E-state index contributed by atoms with van der Waals surface area (Å²) in [5.74, 6) is 0.634. The second-order valence-electron chi connectivity index (χ2n) is 4.47. The summed E-state index contributed by atoms with van der Waals surface area (Å²) >= 11 is 0. The highest BCUT2D eigenvalue weighted by Gasteiger charge is 2.15. The number of hydrogen-bond donors (Lipinski definition) is 1. The topological polar surface area (TPSA) is 71.3 Å². The Bertz CT molecular complexity index is 519. The van der Waals surface area contributed by atoms with E-state index in [9.17, 15) is 10.1 Å². The van der Waals surface area contributed by atoms with Crippen LogP contribution < -0.4 is 14.8 Å². The minimum atomic E-state index is -0.136. The lowest BCUT2D eigenvalue weighted by atomic mass is 10.1. The van der Waals surface area contributed by atoms with Crippen LogP contribution in [0.3, 0.4) is 0 Å². The molecule has 0 aromatic heterocycles. The molecule has 20 heavy (non-hydrogen) atoms. The average Bonchev–Trinajstić information content (AvgIpc) is 2.41. The van der Waals surface area contributed by atoms with E-state index in [-0.39, 0.29) is 11.8 Å². The van der Waals surface area contributed by atoms with Crippen molar-refractivity contribution in [3.05, 3.63) is 17.7 Å². The third kappa shape index (κ3) is 3.89. The Morgan fingerprint density at radius 1 is 1.30 bits per heavy atom. The van der Waals surface area contributed by atoms with E-state index in [4.69, 9.17) is 9.47 Å². The number of nitrogens with zero attached hydrogens (tertiary/aromatic N) is 1. The second-order valence-corrected chi connectivity index (χ2v) is 4.47. The quantitative estimate of drug-likeness (QED) is 0.867. The zero-order valence-corrected chi connectivity index (χ0v) is 12.3. The number of nitrogens with one attached hydrogen (secondary N) is 1. The fourth-order valence-electron chi connectivity index (χ4n) is 1.60. The molecule has 1 rings (SSSR count). The molecule has 0 aliphatic heterocycles. The molecule has 0 spiro atoms. The largest absolute Gasteiger partial charge is 0.490 e. The van der Waals surface area contributed by atoms with Gasteiger partial charge in [-0.25, -0.2) is 0 Å². The number of carbonyl (C=O) groups excluding carboxylic acids is 1. The summed E-state index contributed by atoms with van der Waals surface area (Å²) < 4.78 is 10.9. The maximum atomic E-state index is 11.7. The van der Waals surface area contributed by atoms with Crippen LogP contribution in [0.15, 0.2) is 12.1 Å². The molecule has 0 unspecified atom stereocenters.